The van der Waals surface area contributed by atoms with Gasteiger partial charge in [-0.1, -0.05) is 37.3 Å². The lowest BCUT2D eigenvalue weighted by Crippen LogP contribution is -2.34. The Balaban J connectivity index is 1.67. The first-order chi connectivity index (χ1) is 12.7. The number of halogens is 1. The highest BCUT2D eigenvalue weighted by atomic mass is 35.5. The molecule has 1 fully saturated rings. The summed E-state index contributed by atoms with van der Waals surface area (Å²) in [4.78, 5) is 16.7. The Bertz CT molecular complexity index is 758. The van der Waals surface area contributed by atoms with E-state index in [1.54, 1.807) is 37.7 Å². The molecule has 26 heavy (non-hydrogen) atoms. The Morgan fingerprint density at radius 1 is 1.12 bits per heavy atom. The molecule has 0 spiro atoms. The molecule has 1 aliphatic carbocycles. The molecule has 1 aromatic heterocycles. The summed E-state index contributed by atoms with van der Waals surface area (Å²) in [6, 6.07) is 7.50. The van der Waals surface area contributed by atoms with Gasteiger partial charge in [-0.2, -0.15) is 0 Å². The number of amides is 1. The van der Waals surface area contributed by atoms with Gasteiger partial charge in [0.15, 0.2) is 0 Å². The maximum atomic E-state index is 12.6. The maximum Gasteiger partial charge on any atom is 0.253 e. The van der Waals surface area contributed by atoms with Crippen LogP contribution in [0, 0.1) is 0 Å². The molecule has 0 radical (unpaired) electrons. The van der Waals surface area contributed by atoms with E-state index in [1.807, 2.05) is 6.07 Å². The number of ether oxygens (including phenoxy) is 1. The molecule has 0 atom stereocenters. The van der Waals surface area contributed by atoms with E-state index in [4.69, 9.17) is 16.3 Å². The van der Waals surface area contributed by atoms with Gasteiger partial charge in [-0.05, 0) is 37.1 Å². The quantitative estimate of drug-likeness (QED) is 0.728. The van der Waals surface area contributed by atoms with Crippen LogP contribution >= 0.6 is 11.6 Å². The molecular weight excluding hydrogens is 350 g/mol. The normalized spacial score (nSPS) is 15.2. The SMILES string of the molecule is COc1ccc(Nc2cncc(C(=O)NC3CCCCCC3)c2)cc1Cl. The number of carbonyl (C=O) groups is 1. The average Bonchev–Trinajstić information content (AvgIpc) is 2.91. The predicted octanol–water partition coefficient (Wildman–Crippen LogP) is 4.94. The Labute approximate surface area is 159 Å². The van der Waals surface area contributed by atoms with Gasteiger partial charge < -0.3 is 15.4 Å². The second kappa shape index (κ2) is 8.90. The summed E-state index contributed by atoms with van der Waals surface area (Å²) in [6.45, 7) is 0. The minimum absolute atomic E-state index is 0.0687. The minimum Gasteiger partial charge on any atom is -0.495 e. The van der Waals surface area contributed by atoms with E-state index in [2.05, 4.69) is 15.6 Å². The van der Waals surface area contributed by atoms with Crippen molar-refractivity contribution in [3.05, 3.63) is 47.2 Å². The number of pyridine rings is 1. The number of benzene rings is 1. The Morgan fingerprint density at radius 2 is 1.88 bits per heavy atom. The van der Waals surface area contributed by atoms with Crippen molar-refractivity contribution in [1.82, 2.24) is 10.3 Å². The fourth-order valence-corrected chi connectivity index (χ4v) is 3.49. The lowest BCUT2D eigenvalue weighted by Gasteiger charge is -2.16. The number of hydrogen-bond acceptors (Lipinski definition) is 4. The number of hydrogen-bond donors (Lipinski definition) is 2. The summed E-state index contributed by atoms with van der Waals surface area (Å²) in [6.07, 6.45) is 10.3. The molecule has 0 aliphatic heterocycles. The van der Waals surface area contributed by atoms with Crippen molar-refractivity contribution >= 4 is 28.9 Å². The first-order valence-electron chi connectivity index (χ1n) is 9.02. The second-order valence-electron chi connectivity index (χ2n) is 6.60. The Hall–Kier alpha value is -2.27. The van der Waals surface area contributed by atoms with E-state index in [0.29, 0.717) is 16.3 Å². The molecule has 1 heterocycles. The molecule has 2 N–H and O–H groups in total. The third-order valence-corrected chi connectivity index (χ3v) is 4.93. The average molecular weight is 374 g/mol. The van der Waals surface area contributed by atoms with Crippen LogP contribution in [0.25, 0.3) is 0 Å². The maximum absolute atomic E-state index is 12.6. The molecule has 0 saturated heterocycles. The van der Waals surface area contributed by atoms with Gasteiger partial charge in [-0.15, -0.1) is 0 Å². The van der Waals surface area contributed by atoms with Crippen molar-refractivity contribution < 1.29 is 9.53 Å². The van der Waals surface area contributed by atoms with Crippen LogP contribution in [0.3, 0.4) is 0 Å². The van der Waals surface area contributed by atoms with Gasteiger partial charge in [-0.25, -0.2) is 0 Å². The van der Waals surface area contributed by atoms with Gasteiger partial charge in [0.1, 0.15) is 5.75 Å². The Morgan fingerprint density at radius 3 is 2.58 bits per heavy atom. The molecule has 5 nitrogen and oxygen atoms in total. The molecule has 1 aliphatic rings. The third kappa shape index (κ3) is 4.88. The number of methoxy groups -OCH3 is 1. The molecule has 0 unspecified atom stereocenters. The number of rotatable bonds is 5. The van der Waals surface area contributed by atoms with E-state index in [0.717, 1.165) is 24.2 Å². The van der Waals surface area contributed by atoms with Gasteiger partial charge in [0.25, 0.3) is 5.91 Å². The summed E-state index contributed by atoms with van der Waals surface area (Å²) in [5, 5.41) is 6.89. The molecular formula is C20H24ClN3O2. The Kier molecular flexibility index (Phi) is 6.34. The van der Waals surface area contributed by atoms with E-state index in [1.165, 1.54) is 25.7 Å². The van der Waals surface area contributed by atoms with E-state index >= 15 is 0 Å². The third-order valence-electron chi connectivity index (χ3n) is 4.63. The zero-order valence-corrected chi connectivity index (χ0v) is 15.7. The van der Waals surface area contributed by atoms with Crippen LogP contribution in [0.1, 0.15) is 48.9 Å². The van der Waals surface area contributed by atoms with Gasteiger partial charge in [0.05, 0.1) is 29.6 Å². The van der Waals surface area contributed by atoms with Crippen molar-refractivity contribution in [1.29, 1.82) is 0 Å². The largest absolute Gasteiger partial charge is 0.495 e. The molecule has 0 bridgehead atoms. The number of aromatic nitrogens is 1. The van der Waals surface area contributed by atoms with E-state index < -0.39 is 0 Å². The van der Waals surface area contributed by atoms with Crippen LogP contribution in [0.5, 0.6) is 5.75 Å². The zero-order chi connectivity index (χ0) is 18.4. The highest BCUT2D eigenvalue weighted by molar-refractivity contribution is 6.32. The van der Waals surface area contributed by atoms with Crippen molar-refractivity contribution in [2.24, 2.45) is 0 Å². The lowest BCUT2D eigenvalue weighted by atomic mass is 10.1. The molecule has 1 aromatic carbocycles. The van der Waals surface area contributed by atoms with Crippen LogP contribution in [0.2, 0.25) is 5.02 Å². The number of nitrogens with one attached hydrogen (secondary N) is 2. The molecule has 2 aromatic rings. The number of carbonyl (C=O) groups excluding carboxylic acids is 1. The number of nitrogens with zero attached hydrogens (tertiary/aromatic N) is 1. The molecule has 1 amide bonds. The van der Waals surface area contributed by atoms with Crippen molar-refractivity contribution in [3.63, 3.8) is 0 Å². The summed E-state index contributed by atoms with van der Waals surface area (Å²) in [5.41, 5.74) is 2.09. The number of anilines is 2. The van der Waals surface area contributed by atoms with Gasteiger partial charge in [-0.3, -0.25) is 9.78 Å². The van der Waals surface area contributed by atoms with Crippen molar-refractivity contribution in [3.8, 4) is 5.75 Å². The summed E-state index contributed by atoms with van der Waals surface area (Å²) in [5.74, 6) is 0.549. The van der Waals surface area contributed by atoms with Gasteiger partial charge in [0, 0.05) is 17.9 Å². The molecule has 3 rings (SSSR count). The van der Waals surface area contributed by atoms with Crippen LogP contribution in [-0.4, -0.2) is 24.0 Å². The van der Waals surface area contributed by atoms with Gasteiger partial charge >= 0.3 is 0 Å². The zero-order valence-electron chi connectivity index (χ0n) is 14.9. The standard InChI is InChI=1S/C20H24ClN3O2/c1-26-19-9-8-16(11-18(19)21)23-17-10-14(12-22-13-17)20(25)24-15-6-4-2-3-5-7-15/h8-13,15,23H,2-7H2,1H3,(H,24,25). The fourth-order valence-electron chi connectivity index (χ4n) is 3.24. The fraction of sp³-hybridized carbons (Fsp3) is 0.400. The summed E-state index contributed by atoms with van der Waals surface area (Å²) >= 11 is 6.15. The van der Waals surface area contributed by atoms with Crippen LogP contribution < -0.4 is 15.4 Å². The minimum atomic E-state index is -0.0687. The van der Waals surface area contributed by atoms with Crippen LogP contribution in [-0.2, 0) is 0 Å². The summed E-state index contributed by atoms with van der Waals surface area (Å²) in [7, 11) is 1.58. The van der Waals surface area contributed by atoms with Crippen molar-refractivity contribution in [2.45, 2.75) is 44.6 Å². The van der Waals surface area contributed by atoms with E-state index in [-0.39, 0.29) is 11.9 Å². The second-order valence-corrected chi connectivity index (χ2v) is 7.01. The predicted molar refractivity (Wildman–Crippen MR) is 104 cm³/mol. The summed E-state index contributed by atoms with van der Waals surface area (Å²) < 4.78 is 5.16. The van der Waals surface area contributed by atoms with Gasteiger partial charge in [0.2, 0.25) is 0 Å². The van der Waals surface area contributed by atoms with E-state index in [9.17, 15) is 4.79 Å². The monoisotopic (exact) mass is 373 g/mol. The van der Waals surface area contributed by atoms with Crippen LogP contribution in [0.4, 0.5) is 11.4 Å². The topological polar surface area (TPSA) is 63.2 Å². The first-order valence-corrected chi connectivity index (χ1v) is 9.40. The highest BCUT2D eigenvalue weighted by Crippen LogP contribution is 2.28. The smallest absolute Gasteiger partial charge is 0.253 e. The van der Waals surface area contributed by atoms with Crippen LogP contribution in [0.15, 0.2) is 36.7 Å². The highest BCUT2D eigenvalue weighted by Gasteiger charge is 2.16. The lowest BCUT2D eigenvalue weighted by molar-refractivity contribution is 0.0933. The molecule has 138 valence electrons. The first kappa shape index (κ1) is 18.5. The van der Waals surface area contributed by atoms with Crippen molar-refractivity contribution in [2.75, 3.05) is 12.4 Å². The molecule has 6 heteroatoms. The molecule has 1 saturated carbocycles.